The van der Waals surface area contributed by atoms with Crippen LogP contribution in [0.5, 0.6) is 0 Å². The number of benzene rings is 1. The lowest BCUT2D eigenvalue weighted by Crippen LogP contribution is -2.32. The van der Waals surface area contributed by atoms with Crippen molar-refractivity contribution in [3.05, 3.63) is 53.2 Å². The molecule has 3 rings (SSSR count). The number of nitrogens with zero attached hydrogens (tertiary/aromatic N) is 2. The third kappa shape index (κ3) is 3.12. The molecule has 6 heteroatoms. The molecular weight excluding hydrogens is 299 g/mol. The monoisotopic (exact) mass is 318 g/mol. The van der Waals surface area contributed by atoms with Gasteiger partial charge in [0.25, 0.3) is 5.91 Å². The highest BCUT2D eigenvalue weighted by Gasteiger charge is 2.37. The summed E-state index contributed by atoms with van der Waals surface area (Å²) in [5.74, 6) is 0.0916. The van der Waals surface area contributed by atoms with E-state index in [-0.39, 0.29) is 35.9 Å². The van der Waals surface area contributed by atoms with Gasteiger partial charge in [-0.25, -0.2) is 4.39 Å². The summed E-state index contributed by atoms with van der Waals surface area (Å²) in [7, 11) is 0. The second-order valence-corrected chi connectivity index (χ2v) is 6.19. The van der Waals surface area contributed by atoms with Crippen molar-refractivity contribution in [3.8, 4) is 0 Å². The molecule has 1 aromatic carbocycles. The van der Waals surface area contributed by atoms with E-state index in [9.17, 15) is 14.3 Å². The van der Waals surface area contributed by atoms with Gasteiger partial charge in [0.2, 0.25) is 0 Å². The number of likely N-dealkylation sites (tertiary alicyclic amines) is 1. The minimum Gasteiger partial charge on any atom is -0.391 e. The van der Waals surface area contributed by atoms with Gasteiger partial charge in [0.05, 0.1) is 12.1 Å². The van der Waals surface area contributed by atoms with Crippen LogP contribution in [0.2, 0.25) is 0 Å². The van der Waals surface area contributed by atoms with Gasteiger partial charge in [-0.05, 0) is 24.1 Å². The fourth-order valence-corrected chi connectivity index (χ4v) is 2.88. The molecule has 1 fully saturated rings. The minimum absolute atomic E-state index is 0.132. The Morgan fingerprint density at radius 2 is 2.22 bits per heavy atom. The SMILES string of the molecule is CC(C)c1cc(C(=O)N2C[C@@H](O)C[C@@H]2c2cccc(F)c2)no1. The second kappa shape index (κ2) is 6.12. The molecule has 1 N–H and O–H groups in total. The number of hydrogen-bond donors (Lipinski definition) is 1. The first-order valence-corrected chi connectivity index (χ1v) is 7.67. The van der Waals surface area contributed by atoms with E-state index >= 15 is 0 Å². The zero-order chi connectivity index (χ0) is 16.6. The third-order valence-electron chi connectivity index (χ3n) is 4.09. The van der Waals surface area contributed by atoms with Crippen molar-refractivity contribution in [1.82, 2.24) is 10.1 Å². The number of aliphatic hydroxyl groups is 1. The molecule has 1 aliphatic heterocycles. The Kier molecular flexibility index (Phi) is 4.17. The first-order chi connectivity index (χ1) is 11.0. The number of amides is 1. The van der Waals surface area contributed by atoms with Crippen molar-refractivity contribution in [1.29, 1.82) is 0 Å². The smallest absolute Gasteiger partial charge is 0.276 e. The molecule has 1 saturated heterocycles. The number of carbonyl (C=O) groups is 1. The molecular formula is C17H19FN2O3. The van der Waals surface area contributed by atoms with Crippen LogP contribution < -0.4 is 0 Å². The van der Waals surface area contributed by atoms with E-state index in [1.54, 1.807) is 18.2 Å². The van der Waals surface area contributed by atoms with Gasteiger partial charge in [-0.3, -0.25) is 4.79 Å². The molecule has 2 atom stereocenters. The van der Waals surface area contributed by atoms with E-state index in [1.165, 1.54) is 17.0 Å². The maximum Gasteiger partial charge on any atom is 0.276 e. The summed E-state index contributed by atoms with van der Waals surface area (Å²) < 4.78 is 18.6. The predicted octanol–water partition coefficient (Wildman–Crippen LogP) is 2.89. The van der Waals surface area contributed by atoms with Crippen LogP contribution in [0.4, 0.5) is 4.39 Å². The highest BCUT2D eigenvalue weighted by Crippen LogP contribution is 2.33. The number of halogens is 1. The second-order valence-electron chi connectivity index (χ2n) is 6.19. The van der Waals surface area contributed by atoms with Crippen LogP contribution in [0.1, 0.15) is 54.0 Å². The van der Waals surface area contributed by atoms with Gasteiger partial charge in [-0.1, -0.05) is 31.1 Å². The van der Waals surface area contributed by atoms with Gasteiger partial charge in [-0.2, -0.15) is 0 Å². The summed E-state index contributed by atoms with van der Waals surface area (Å²) in [6, 6.07) is 7.37. The molecule has 23 heavy (non-hydrogen) atoms. The zero-order valence-corrected chi connectivity index (χ0v) is 13.1. The lowest BCUT2D eigenvalue weighted by atomic mass is 10.0. The normalized spacial score (nSPS) is 21.2. The van der Waals surface area contributed by atoms with Crippen molar-refractivity contribution in [3.63, 3.8) is 0 Å². The third-order valence-corrected chi connectivity index (χ3v) is 4.09. The minimum atomic E-state index is -0.635. The molecule has 0 saturated carbocycles. The van der Waals surface area contributed by atoms with Crippen LogP contribution in [-0.4, -0.2) is 33.7 Å². The molecule has 5 nitrogen and oxygen atoms in total. The fraction of sp³-hybridized carbons (Fsp3) is 0.412. The Morgan fingerprint density at radius 3 is 2.87 bits per heavy atom. The van der Waals surface area contributed by atoms with Crippen LogP contribution in [-0.2, 0) is 0 Å². The number of carbonyl (C=O) groups excluding carboxylic acids is 1. The molecule has 1 aromatic heterocycles. The summed E-state index contributed by atoms with van der Waals surface area (Å²) in [5.41, 5.74) is 0.881. The summed E-state index contributed by atoms with van der Waals surface area (Å²) in [5, 5.41) is 13.8. The average Bonchev–Trinajstić information content (AvgIpc) is 3.13. The Morgan fingerprint density at radius 1 is 1.43 bits per heavy atom. The Balaban J connectivity index is 1.88. The van der Waals surface area contributed by atoms with Gasteiger partial charge in [0.1, 0.15) is 11.6 Å². The largest absolute Gasteiger partial charge is 0.391 e. The number of rotatable bonds is 3. The van der Waals surface area contributed by atoms with E-state index in [0.717, 1.165) is 0 Å². The summed E-state index contributed by atoms with van der Waals surface area (Å²) in [6.45, 7) is 4.09. The number of β-amino-alcohol motifs (C(OH)–C–C–N with tert-alkyl or cyclic N) is 1. The molecule has 1 aliphatic rings. The first kappa shape index (κ1) is 15.7. The molecule has 0 aliphatic carbocycles. The lowest BCUT2D eigenvalue weighted by molar-refractivity contribution is 0.0705. The summed E-state index contributed by atoms with van der Waals surface area (Å²) >= 11 is 0. The van der Waals surface area contributed by atoms with Gasteiger partial charge >= 0.3 is 0 Å². The van der Waals surface area contributed by atoms with Crippen molar-refractivity contribution in [2.75, 3.05) is 6.54 Å². The maximum atomic E-state index is 13.5. The number of hydrogen-bond acceptors (Lipinski definition) is 4. The van der Waals surface area contributed by atoms with E-state index in [0.29, 0.717) is 17.7 Å². The molecule has 1 amide bonds. The number of aliphatic hydroxyl groups excluding tert-OH is 1. The van der Waals surface area contributed by atoms with Crippen molar-refractivity contribution in [2.24, 2.45) is 0 Å². The van der Waals surface area contributed by atoms with Gasteiger partial charge in [0, 0.05) is 18.5 Å². The molecule has 2 heterocycles. The van der Waals surface area contributed by atoms with Crippen LogP contribution in [0, 0.1) is 5.82 Å². The van der Waals surface area contributed by atoms with Crippen molar-refractivity contribution in [2.45, 2.75) is 38.3 Å². The fourth-order valence-electron chi connectivity index (χ4n) is 2.88. The van der Waals surface area contributed by atoms with E-state index in [4.69, 9.17) is 4.52 Å². The highest BCUT2D eigenvalue weighted by molar-refractivity contribution is 5.92. The topological polar surface area (TPSA) is 66.6 Å². The molecule has 0 bridgehead atoms. The van der Waals surface area contributed by atoms with Crippen LogP contribution >= 0.6 is 0 Å². The van der Waals surface area contributed by atoms with Crippen LogP contribution in [0.3, 0.4) is 0 Å². The summed E-state index contributed by atoms with van der Waals surface area (Å²) in [4.78, 5) is 14.2. The summed E-state index contributed by atoms with van der Waals surface area (Å²) in [6.07, 6.45) is -0.256. The number of aromatic nitrogens is 1. The van der Waals surface area contributed by atoms with Gasteiger partial charge in [0.15, 0.2) is 5.69 Å². The molecule has 0 spiro atoms. The van der Waals surface area contributed by atoms with Crippen molar-refractivity contribution >= 4 is 5.91 Å². The van der Waals surface area contributed by atoms with E-state index < -0.39 is 6.10 Å². The first-order valence-electron chi connectivity index (χ1n) is 7.67. The Bertz CT molecular complexity index is 713. The predicted molar refractivity (Wildman–Crippen MR) is 81.4 cm³/mol. The lowest BCUT2D eigenvalue weighted by Gasteiger charge is -2.23. The molecule has 122 valence electrons. The standard InChI is InChI=1S/C17H19FN2O3/c1-10(2)16-8-14(19-23-16)17(22)20-9-13(21)7-15(20)11-4-3-5-12(18)6-11/h3-6,8,10,13,15,21H,7,9H2,1-2H3/t13-,15+/m0/s1. The maximum absolute atomic E-state index is 13.5. The van der Waals surface area contributed by atoms with E-state index in [1.807, 2.05) is 13.8 Å². The van der Waals surface area contributed by atoms with Gasteiger partial charge in [-0.15, -0.1) is 0 Å². The molecule has 0 unspecified atom stereocenters. The molecule has 2 aromatic rings. The quantitative estimate of drug-likeness (QED) is 0.945. The van der Waals surface area contributed by atoms with Crippen LogP contribution in [0.25, 0.3) is 0 Å². The Hall–Kier alpha value is -2.21. The zero-order valence-electron chi connectivity index (χ0n) is 13.1. The van der Waals surface area contributed by atoms with Crippen molar-refractivity contribution < 1.29 is 18.8 Å². The van der Waals surface area contributed by atoms with Crippen LogP contribution in [0.15, 0.2) is 34.9 Å². The van der Waals surface area contributed by atoms with E-state index in [2.05, 4.69) is 5.16 Å². The Labute approximate surface area is 133 Å². The average molecular weight is 318 g/mol. The molecule has 0 radical (unpaired) electrons. The van der Waals surface area contributed by atoms with Gasteiger partial charge < -0.3 is 14.5 Å². The highest BCUT2D eigenvalue weighted by atomic mass is 19.1.